The van der Waals surface area contributed by atoms with Crippen LogP contribution < -0.4 is 0 Å². The molecule has 0 radical (unpaired) electrons. The van der Waals surface area contributed by atoms with Gasteiger partial charge in [-0.05, 0) is 23.6 Å². The number of hydrogen-bond donors (Lipinski definition) is 0. The molecule has 2 rings (SSSR count). The highest BCUT2D eigenvalue weighted by Gasteiger charge is 2.17. The van der Waals surface area contributed by atoms with Crippen molar-refractivity contribution in [1.82, 2.24) is 0 Å². The van der Waals surface area contributed by atoms with Gasteiger partial charge in [0, 0.05) is 6.61 Å². The summed E-state index contributed by atoms with van der Waals surface area (Å²) in [6.07, 6.45) is 5.41. The van der Waals surface area contributed by atoms with E-state index in [1.54, 1.807) is 6.08 Å². The van der Waals surface area contributed by atoms with Crippen LogP contribution in [0.2, 0.25) is 0 Å². The van der Waals surface area contributed by atoms with E-state index in [0.29, 0.717) is 6.61 Å². The molecule has 1 nitrogen and oxygen atoms in total. The van der Waals surface area contributed by atoms with Crippen LogP contribution in [0, 0.1) is 0 Å². The van der Waals surface area contributed by atoms with Crippen LogP contribution >= 0.6 is 0 Å². The topological polar surface area (TPSA) is 9.23 Å². The standard InChI is InChI=1S/C21H25FO/c1-2-3-4-11-16-23-21(19-14-9-6-10-15-19)20(22)17-18-12-7-5-8-13-18/h5-10,12-15,17,21H,2-4,11,16H2,1H3/b20-17-. The lowest BCUT2D eigenvalue weighted by Crippen LogP contribution is -2.06. The summed E-state index contributed by atoms with van der Waals surface area (Å²) in [6.45, 7) is 2.76. The SMILES string of the molecule is CCCCCCOC(/C(F)=C/c1ccccc1)c1ccccc1. The molecule has 0 aliphatic heterocycles. The Morgan fingerprint density at radius 2 is 1.61 bits per heavy atom. The minimum atomic E-state index is -0.627. The Hall–Kier alpha value is -1.93. The highest BCUT2D eigenvalue weighted by molar-refractivity contribution is 5.52. The van der Waals surface area contributed by atoms with Gasteiger partial charge in [0.05, 0.1) is 0 Å². The fourth-order valence-electron chi connectivity index (χ4n) is 2.48. The van der Waals surface area contributed by atoms with Crippen LogP contribution in [0.4, 0.5) is 4.39 Å². The minimum Gasteiger partial charge on any atom is -0.366 e. The van der Waals surface area contributed by atoms with E-state index in [4.69, 9.17) is 4.74 Å². The highest BCUT2D eigenvalue weighted by Crippen LogP contribution is 2.28. The van der Waals surface area contributed by atoms with Gasteiger partial charge in [-0.1, -0.05) is 86.8 Å². The van der Waals surface area contributed by atoms with E-state index in [0.717, 1.165) is 24.0 Å². The van der Waals surface area contributed by atoms with Crippen LogP contribution in [0.15, 0.2) is 66.5 Å². The van der Waals surface area contributed by atoms with Gasteiger partial charge in [-0.3, -0.25) is 0 Å². The van der Waals surface area contributed by atoms with Crippen LogP contribution in [-0.2, 0) is 4.74 Å². The van der Waals surface area contributed by atoms with E-state index in [-0.39, 0.29) is 5.83 Å². The summed E-state index contributed by atoms with van der Waals surface area (Å²) in [6, 6.07) is 19.1. The normalized spacial score (nSPS) is 13.0. The van der Waals surface area contributed by atoms with Gasteiger partial charge in [0.15, 0.2) is 0 Å². The molecule has 2 heteroatoms. The number of unbranched alkanes of at least 4 members (excludes halogenated alkanes) is 3. The maximum absolute atomic E-state index is 14.8. The second-order valence-corrected chi connectivity index (χ2v) is 5.66. The van der Waals surface area contributed by atoms with Gasteiger partial charge in [-0.15, -0.1) is 0 Å². The van der Waals surface area contributed by atoms with Gasteiger partial charge < -0.3 is 4.74 Å². The van der Waals surface area contributed by atoms with Crippen molar-refractivity contribution >= 4 is 6.08 Å². The highest BCUT2D eigenvalue weighted by atomic mass is 19.1. The first-order valence-corrected chi connectivity index (χ1v) is 8.40. The molecule has 122 valence electrons. The van der Waals surface area contributed by atoms with Crippen molar-refractivity contribution in [1.29, 1.82) is 0 Å². The Bertz CT molecular complexity index is 577. The molecule has 1 atom stereocenters. The third kappa shape index (κ3) is 5.99. The molecule has 0 fully saturated rings. The maximum atomic E-state index is 14.8. The van der Waals surface area contributed by atoms with Crippen molar-refractivity contribution in [3.63, 3.8) is 0 Å². The zero-order chi connectivity index (χ0) is 16.3. The first-order valence-electron chi connectivity index (χ1n) is 8.40. The number of rotatable bonds is 9. The van der Waals surface area contributed by atoms with Crippen LogP contribution in [0.25, 0.3) is 6.08 Å². The predicted molar refractivity (Wildman–Crippen MR) is 94.8 cm³/mol. The summed E-state index contributed by atoms with van der Waals surface area (Å²) in [7, 11) is 0. The Labute approximate surface area is 138 Å². The third-order valence-corrected chi connectivity index (χ3v) is 3.74. The van der Waals surface area contributed by atoms with E-state index in [9.17, 15) is 4.39 Å². The molecular formula is C21H25FO. The summed E-state index contributed by atoms with van der Waals surface area (Å²) >= 11 is 0. The molecule has 23 heavy (non-hydrogen) atoms. The largest absolute Gasteiger partial charge is 0.366 e. The molecule has 0 amide bonds. The number of hydrogen-bond acceptors (Lipinski definition) is 1. The molecule has 0 saturated carbocycles. The van der Waals surface area contributed by atoms with Crippen LogP contribution in [0.5, 0.6) is 0 Å². The van der Waals surface area contributed by atoms with E-state index in [1.165, 1.54) is 12.8 Å². The lowest BCUT2D eigenvalue weighted by atomic mass is 10.1. The molecule has 0 bridgehead atoms. The molecule has 0 aliphatic carbocycles. The molecular weight excluding hydrogens is 287 g/mol. The number of benzene rings is 2. The van der Waals surface area contributed by atoms with Crippen LogP contribution in [0.3, 0.4) is 0 Å². The molecule has 0 aliphatic rings. The van der Waals surface area contributed by atoms with Gasteiger partial charge in [-0.2, -0.15) is 0 Å². The van der Waals surface area contributed by atoms with E-state index in [2.05, 4.69) is 6.92 Å². The Morgan fingerprint density at radius 3 is 2.26 bits per heavy atom. The third-order valence-electron chi connectivity index (χ3n) is 3.74. The van der Waals surface area contributed by atoms with Crippen molar-refractivity contribution in [3.8, 4) is 0 Å². The Kier molecular flexibility index (Phi) is 7.55. The summed E-state index contributed by atoms with van der Waals surface area (Å²) in [5.74, 6) is -0.252. The summed E-state index contributed by atoms with van der Waals surface area (Å²) in [4.78, 5) is 0. The Morgan fingerprint density at radius 1 is 0.957 bits per heavy atom. The van der Waals surface area contributed by atoms with Crippen LogP contribution in [-0.4, -0.2) is 6.61 Å². The van der Waals surface area contributed by atoms with E-state index < -0.39 is 6.10 Å². The molecule has 2 aromatic carbocycles. The predicted octanol–water partition coefficient (Wildman–Crippen LogP) is 6.34. The van der Waals surface area contributed by atoms with Gasteiger partial charge in [0.25, 0.3) is 0 Å². The van der Waals surface area contributed by atoms with Gasteiger partial charge in [0.1, 0.15) is 11.9 Å². The van der Waals surface area contributed by atoms with Crippen molar-refractivity contribution in [3.05, 3.63) is 77.6 Å². The van der Waals surface area contributed by atoms with Gasteiger partial charge in [0.2, 0.25) is 0 Å². The van der Waals surface area contributed by atoms with Gasteiger partial charge in [-0.25, -0.2) is 4.39 Å². The van der Waals surface area contributed by atoms with Crippen molar-refractivity contribution in [2.45, 2.75) is 38.7 Å². The van der Waals surface area contributed by atoms with Gasteiger partial charge >= 0.3 is 0 Å². The van der Waals surface area contributed by atoms with Crippen molar-refractivity contribution < 1.29 is 9.13 Å². The molecule has 0 heterocycles. The van der Waals surface area contributed by atoms with E-state index in [1.807, 2.05) is 60.7 Å². The zero-order valence-electron chi connectivity index (χ0n) is 13.7. The lowest BCUT2D eigenvalue weighted by Gasteiger charge is -2.17. The summed E-state index contributed by atoms with van der Waals surface area (Å²) in [5.41, 5.74) is 1.70. The van der Waals surface area contributed by atoms with Crippen molar-refractivity contribution in [2.75, 3.05) is 6.61 Å². The number of halogens is 1. The van der Waals surface area contributed by atoms with Crippen LogP contribution in [0.1, 0.15) is 49.8 Å². The van der Waals surface area contributed by atoms with E-state index >= 15 is 0 Å². The summed E-state index contributed by atoms with van der Waals surface area (Å²) < 4.78 is 20.6. The molecule has 0 spiro atoms. The summed E-state index contributed by atoms with van der Waals surface area (Å²) in [5, 5.41) is 0. The lowest BCUT2D eigenvalue weighted by molar-refractivity contribution is 0.0604. The van der Waals surface area contributed by atoms with Crippen molar-refractivity contribution in [2.24, 2.45) is 0 Å². The first kappa shape index (κ1) is 17.4. The molecule has 0 N–H and O–H groups in total. The molecule has 1 unspecified atom stereocenters. The molecule has 2 aromatic rings. The molecule has 0 saturated heterocycles. The zero-order valence-corrected chi connectivity index (χ0v) is 13.7. The second kappa shape index (κ2) is 9.96. The smallest absolute Gasteiger partial charge is 0.134 e. The molecule has 0 aromatic heterocycles. The average molecular weight is 312 g/mol. The fraction of sp³-hybridized carbons (Fsp3) is 0.333. The average Bonchev–Trinajstić information content (AvgIpc) is 2.59. The fourth-order valence-corrected chi connectivity index (χ4v) is 2.48. The second-order valence-electron chi connectivity index (χ2n) is 5.66. The first-order chi connectivity index (χ1) is 11.3. The Balaban J connectivity index is 2.08. The minimum absolute atomic E-state index is 0.252. The number of ether oxygens (including phenoxy) is 1. The maximum Gasteiger partial charge on any atom is 0.134 e. The monoisotopic (exact) mass is 312 g/mol. The quantitative estimate of drug-likeness (QED) is 0.491.